The lowest BCUT2D eigenvalue weighted by molar-refractivity contribution is 0.0683. The van der Waals surface area contributed by atoms with Crippen LogP contribution in [0.2, 0.25) is 0 Å². The van der Waals surface area contributed by atoms with E-state index in [9.17, 15) is 9.90 Å². The second-order valence-electron chi connectivity index (χ2n) is 5.01. The Labute approximate surface area is 118 Å². The summed E-state index contributed by atoms with van der Waals surface area (Å²) in [4.78, 5) is 11.3. The molecule has 0 saturated carbocycles. The van der Waals surface area contributed by atoms with Crippen LogP contribution >= 0.6 is 0 Å². The minimum Gasteiger partial charge on any atom is -0.477 e. The highest BCUT2D eigenvalue weighted by molar-refractivity contribution is 5.87. The summed E-state index contributed by atoms with van der Waals surface area (Å²) in [5.41, 5.74) is 3.29. The summed E-state index contributed by atoms with van der Waals surface area (Å²) in [6.07, 6.45) is 0. The Kier molecular flexibility index (Phi) is 4.25. The first-order chi connectivity index (χ1) is 9.54. The number of aromatic nitrogens is 1. The van der Waals surface area contributed by atoms with Gasteiger partial charge in [0.1, 0.15) is 5.69 Å². The largest absolute Gasteiger partial charge is 0.477 e. The van der Waals surface area contributed by atoms with Crippen LogP contribution in [0, 0.1) is 0 Å². The number of rotatable bonds is 5. The molecule has 20 heavy (non-hydrogen) atoms. The van der Waals surface area contributed by atoms with Crippen molar-refractivity contribution in [1.82, 2.24) is 4.57 Å². The van der Waals surface area contributed by atoms with Crippen LogP contribution in [0.25, 0.3) is 11.3 Å². The van der Waals surface area contributed by atoms with E-state index in [1.165, 1.54) is 0 Å². The quantitative estimate of drug-likeness (QED) is 0.905. The van der Waals surface area contributed by atoms with Crippen molar-refractivity contribution in [2.75, 3.05) is 7.11 Å². The Morgan fingerprint density at radius 2 is 2.05 bits per heavy atom. The summed E-state index contributed by atoms with van der Waals surface area (Å²) >= 11 is 0. The number of carboxylic acids is 1. The van der Waals surface area contributed by atoms with E-state index in [2.05, 4.69) is 0 Å². The normalized spacial score (nSPS) is 11.0. The van der Waals surface area contributed by atoms with E-state index < -0.39 is 5.97 Å². The highest BCUT2D eigenvalue weighted by Gasteiger charge is 2.17. The van der Waals surface area contributed by atoms with Gasteiger partial charge in [0.15, 0.2) is 0 Å². The van der Waals surface area contributed by atoms with Crippen LogP contribution in [-0.2, 0) is 11.3 Å². The maximum atomic E-state index is 11.3. The molecule has 2 aromatic rings. The van der Waals surface area contributed by atoms with Crippen LogP contribution in [0.4, 0.5) is 0 Å². The number of aromatic carboxylic acids is 1. The molecule has 1 N–H and O–H groups in total. The maximum absolute atomic E-state index is 11.3. The van der Waals surface area contributed by atoms with Gasteiger partial charge in [-0.1, -0.05) is 18.2 Å². The summed E-state index contributed by atoms with van der Waals surface area (Å²) in [5, 5.41) is 9.27. The average molecular weight is 273 g/mol. The van der Waals surface area contributed by atoms with E-state index in [1.807, 2.05) is 48.7 Å². The third-order valence-corrected chi connectivity index (χ3v) is 3.19. The molecule has 0 spiro atoms. The fourth-order valence-corrected chi connectivity index (χ4v) is 2.40. The molecule has 0 atom stereocenters. The number of nitrogens with zero attached hydrogens (tertiary/aromatic N) is 1. The fraction of sp³-hybridized carbons (Fsp3) is 0.312. The minimum absolute atomic E-state index is 0.0807. The molecule has 106 valence electrons. The van der Waals surface area contributed by atoms with Crippen molar-refractivity contribution >= 4 is 5.97 Å². The van der Waals surface area contributed by atoms with Gasteiger partial charge in [-0.25, -0.2) is 4.79 Å². The smallest absolute Gasteiger partial charge is 0.352 e. The number of methoxy groups -OCH3 is 1. The van der Waals surface area contributed by atoms with E-state index >= 15 is 0 Å². The van der Waals surface area contributed by atoms with Gasteiger partial charge in [-0.3, -0.25) is 0 Å². The zero-order valence-corrected chi connectivity index (χ0v) is 12.0. The number of hydrogen-bond donors (Lipinski definition) is 1. The van der Waals surface area contributed by atoms with Crippen LogP contribution in [0.15, 0.2) is 36.4 Å². The zero-order valence-electron chi connectivity index (χ0n) is 12.0. The molecule has 1 aromatic heterocycles. The van der Waals surface area contributed by atoms with Gasteiger partial charge < -0.3 is 14.4 Å². The molecule has 0 aliphatic heterocycles. The lowest BCUT2D eigenvalue weighted by atomic mass is 10.1. The highest BCUT2D eigenvalue weighted by Crippen LogP contribution is 2.27. The van der Waals surface area contributed by atoms with Crippen LogP contribution in [0.3, 0.4) is 0 Å². The monoisotopic (exact) mass is 273 g/mol. The molecule has 0 unspecified atom stereocenters. The van der Waals surface area contributed by atoms with E-state index in [0.717, 1.165) is 16.8 Å². The van der Waals surface area contributed by atoms with Crippen LogP contribution in [-0.4, -0.2) is 22.8 Å². The van der Waals surface area contributed by atoms with Crippen molar-refractivity contribution in [2.45, 2.75) is 26.5 Å². The number of carbonyl (C=O) groups is 1. The van der Waals surface area contributed by atoms with Crippen molar-refractivity contribution in [3.63, 3.8) is 0 Å². The maximum Gasteiger partial charge on any atom is 0.352 e. The Morgan fingerprint density at radius 3 is 2.65 bits per heavy atom. The second kappa shape index (κ2) is 5.92. The molecule has 0 saturated heterocycles. The standard InChI is InChI=1S/C16H19NO3/c1-11(2)17-14(7-8-15(17)16(18)19)13-6-4-5-12(9-13)10-20-3/h4-9,11H,10H2,1-3H3,(H,18,19). The molecule has 0 aliphatic rings. The van der Waals surface area contributed by atoms with E-state index in [1.54, 1.807) is 13.2 Å². The van der Waals surface area contributed by atoms with Crippen molar-refractivity contribution in [2.24, 2.45) is 0 Å². The number of ether oxygens (including phenoxy) is 1. The first-order valence-corrected chi connectivity index (χ1v) is 6.57. The second-order valence-corrected chi connectivity index (χ2v) is 5.01. The lowest BCUT2D eigenvalue weighted by Crippen LogP contribution is -2.11. The Balaban J connectivity index is 2.52. The molecule has 0 bridgehead atoms. The van der Waals surface area contributed by atoms with Gasteiger partial charge in [-0.05, 0) is 43.2 Å². The Bertz CT molecular complexity index is 614. The molecular formula is C16H19NO3. The van der Waals surface area contributed by atoms with Crippen molar-refractivity contribution in [1.29, 1.82) is 0 Å². The molecule has 0 radical (unpaired) electrons. The molecule has 4 heteroatoms. The van der Waals surface area contributed by atoms with Gasteiger partial charge >= 0.3 is 5.97 Å². The lowest BCUT2D eigenvalue weighted by Gasteiger charge is -2.16. The van der Waals surface area contributed by atoms with Crippen molar-refractivity contribution < 1.29 is 14.6 Å². The topological polar surface area (TPSA) is 51.5 Å². The third-order valence-electron chi connectivity index (χ3n) is 3.19. The molecule has 0 fully saturated rings. The third kappa shape index (κ3) is 2.75. The summed E-state index contributed by atoms with van der Waals surface area (Å²) in [5.74, 6) is -0.905. The number of carboxylic acid groups (broad SMARTS) is 1. The predicted molar refractivity (Wildman–Crippen MR) is 77.9 cm³/mol. The van der Waals surface area contributed by atoms with Gasteiger partial charge in [-0.15, -0.1) is 0 Å². The number of benzene rings is 1. The van der Waals surface area contributed by atoms with Crippen LogP contribution in [0.5, 0.6) is 0 Å². The first kappa shape index (κ1) is 14.3. The van der Waals surface area contributed by atoms with Crippen LogP contribution < -0.4 is 0 Å². The van der Waals surface area contributed by atoms with E-state index in [4.69, 9.17) is 4.74 Å². The number of hydrogen-bond acceptors (Lipinski definition) is 2. The van der Waals surface area contributed by atoms with Crippen LogP contribution in [0.1, 0.15) is 35.9 Å². The summed E-state index contributed by atoms with van der Waals surface area (Å²) in [6.45, 7) is 4.51. The molecule has 0 amide bonds. The summed E-state index contributed by atoms with van der Waals surface area (Å²) in [6, 6.07) is 11.6. The van der Waals surface area contributed by atoms with Gasteiger partial charge in [-0.2, -0.15) is 0 Å². The van der Waals surface area contributed by atoms with Gasteiger partial charge in [0.25, 0.3) is 0 Å². The van der Waals surface area contributed by atoms with Crippen molar-refractivity contribution in [3.8, 4) is 11.3 Å². The molecule has 1 heterocycles. The predicted octanol–water partition coefficient (Wildman–Crippen LogP) is 3.58. The SMILES string of the molecule is COCc1cccc(-c2ccc(C(=O)O)n2C(C)C)c1. The Hall–Kier alpha value is -2.07. The average Bonchev–Trinajstić information content (AvgIpc) is 2.84. The summed E-state index contributed by atoms with van der Waals surface area (Å²) < 4.78 is 6.98. The molecule has 2 rings (SSSR count). The van der Waals surface area contributed by atoms with E-state index in [-0.39, 0.29) is 6.04 Å². The highest BCUT2D eigenvalue weighted by atomic mass is 16.5. The molecule has 1 aromatic carbocycles. The minimum atomic E-state index is -0.905. The van der Waals surface area contributed by atoms with Gasteiger partial charge in [0.2, 0.25) is 0 Å². The van der Waals surface area contributed by atoms with Gasteiger partial charge in [0.05, 0.1) is 6.61 Å². The molecule has 4 nitrogen and oxygen atoms in total. The summed E-state index contributed by atoms with van der Waals surface area (Å²) in [7, 11) is 1.66. The van der Waals surface area contributed by atoms with E-state index in [0.29, 0.717) is 12.3 Å². The first-order valence-electron chi connectivity index (χ1n) is 6.57. The molecular weight excluding hydrogens is 254 g/mol. The van der Waals surface area contributed by atoms with Crippen molar-refractivity contribution in [3.05, 3.63) is 47.7 Å². The fourth-order valence-electron chi connectivity index (χ4n) is 2.40. The molecule has 0 aliphatic carbocycles. The Morgan fingerprint density at radius 1 is 1.30 bits per heavy atom. The van der Waals surface area contributed by atoms with Gasteiger partial charge in [0, 0.05) is 18.8 Å². The zero-order chi connectivity index (χ0) is 14.7.